The number of urea groups is 1. The molecule has 288 valence electrons. The van der Waals surface area contributed by atoms with Crippen LogP contribution in [-0.4, -0.2) is 68.3 Å². The minimum Gasteiger partial charge on any atom is -0.484 e. The third-order valence-corrected chi connectivity index (χ3v) is 10.5. The summed E-state index contributed by atoms with van der Waals surface area (Å²) in [4.78, 5) is 20.7. The molecule has 0 radical (unpaired) electrons. The van der Waals surface area contributed by atoms with Crippen LogP contribution in [0, 0.1) is 5.41 Å². The van der Waals surface area contributed by atoms with Crippen LogP contribution < -0.4 is 26.0 Å². The first kappa shape index (κ1) is 37.4. The Morgan fingerprint density at radius 3 is 2.67 bits per heavy atom. The molecule has 3 unspecified atom stereocenters. The first-order valence-corrected chi connectivity index (χ1v) is 19.4. The van der Waals surface area contributed by atoms with Crippen molar-refractivity contribution in [2.24, 2.45) is 16.1 Å². The van der Waals surface area contributed by atoms with E-state index in [0.29, 0.717) is 49.3 Å². The second-order valence-corrected chi connectivity index (χ2v) is 15.6. The lowest BCUT2D eigenvalue weighted by molar-refractivity contribution is -0.163. The van der Waals surface area contributed by atoms with Crippen molar-refractivity contribution in [2.75, 3.05) is 24.7 Å². The Kier molecular flexibility index (Phi) is 11.5. The molecule has 2 saturated heterocycles. The third kappa shape index (κ3) is 9.04. The van der Waals surface area contributed by atoms with Crippen LogP contribution in [0.5, 0.6) is 5.75 Å². The number of amidine groups is 1. The number of nitrogens with zero attached hydrogens (tertiary/aromatic N) is 7. The number of amides is 2. The normalized spacial score (nSPS) is 22.6. The Morgan fingerprint density at radius 2 is 1.87 bits per heavy atom. The molecule has 0 bridgehead atoms. The van der Waals surface area contributed by atoms with Gasteiger partial charge in [0.1, 0.15) is 23.4 Å². The molecule has 4 aromatic rings. The first-order chi connectivity index (χ1) is 26.1. The standard InChI is InChI=1S/C40H54N10O4/c1-27-11-7-9-19-49(27)39-47-46-36-18-15-29(26-50(36)39)54-33-17-16-32(30-12-5-6-13-31(30)33)44-38(51)45-35(23-34(41)40(2,3)4)43-28-24-42-48(25-28)20-22-53-37-14-8-10-21-52-37/h5-6,12-13,15,18,23-27,32-33,37H,7-11,14,16-17,19-22,41H2,1-4H3,(H2,43,44,45,51)/b34-23-/t27-,32?,33?,37?/m0/s1. The van der Waals surface area contributed by atoms with E-state index in [2.05, 4.69) is 49.9 Å². The SMILES string of the molecule is C[C@H]1CCCCN1c1nnc2ccc(OC3CCC(NC(=O)NC(/C=C(\N)C(C)(C)C)=Nc4cnn(CCOC5CCCCO5)c4)c4ccccc43)cn12. The van der Waals surface area contributed by atoms with Crippen molar-refractivity contribution >= 4 is 29.1 Å². The molecule has 54 heavy (non-hydrogen) atoms. The second-order valence-electron chi connectivity index (χ2n) is 15.6. The molecule has 0 saturated carbocycles. The third-order valence-electron chi connectivity index (χ3n) is 10.5. The average molecular weight is 739 g/mol. The summed E-state index contributed by atoms with van der Waals surface area (Å²) in [6, 6.07) is 11.9. The number of pyridine rings is 1. The molecule has 3 aromatic heterocycles. The van der Waals surface area contributed by atoms with Crippen LogP contribution in [0.3, 0.4) is 0 Å². The maximum Gasteiger partial charge on any atom is 0.320 e. The largest absolute Gasteiger partial charge is 0.484 e. The van der Waals surface area contributed by atoms with Gasteiger partial charge in [0.25, 0.3) is 0 Å². The molecular weight excluding hydrogens is 685 g/mol. The van der Waals surface area contributed by atoms with Gasteiger partial charge in [-0.3, -0.25) is 14.4 Å². The summed E-state index contributed by atoms with van der Waals surface area (Å²) in [6.07, 6.45) is 14.9. The van der Waals surface area contributed by atoms with Gasteiger partial charge >= 0.3 is 6.03 Å². The van der Waals surface area contributed by atoms with E-state index in [1.54, 1.807) is 17.0 Å². The first-order valence-electron chi connectivity index (χ1n) is 19.4. The maximum atomic E-state index is 13.6. The number of carbonyl (C=O) groups excluding carboxylic acids is 1. The Morgan fingerprint density at radius 1 is 1.04 bits per heavy atom. The minimum atomic E-state index is -0.378. The van der Waals surface area contributed by atoms with Crippen molar-refractivity contribution in [2.45, 2.75) is 110 Å². The quantitative estimate of drug-likeness (QED) is 0.119. The van der Waals surface area contributed by atoms with Crippen LogP contribution in [0.15, 0.2) is 71.8 Å². The number of aromatic nitrogens is 5. The van der Waals surface area contributed by atoms with Gasteiger partial charge in [0, 0.05) is 36.4 Å². The van der Waals surface area contributed by atoms with Crippen molar-refractivity contribution in [3.63, 3.8) is 0 Å². The van der Waals surface area contributed by atoms with Crippen LogP contribution in [0.1, 0.15) is 102 Å². The molecular formula is C40H54N10O4. The predicted molar refractivity (Wildman–Crippen MR) is 208 cm³/mol. The Bertz CT molecular complexity index is 1960. The zero-order chi connectivity index (χ0) is 37.7. The smallest absolute Gasteiger partial charge is 0.320 e. The summed E-state index contributed by atoms with van der Waals surface area (Å²) >= 11 is 0. The van der Waals surface area contributed by atoms with E-state index < -0.39 is 0 Å². The average Bonchev–Trinajstić information content (AvgIpc) is 3.79. The van der Waals surface area contributed by atoms with Crippen LogP contribution in [-0.2, 0) is 16.0 Å². The number of piperidine rings is 1. The zero-order valence-electron chi connectivity index (χ0n) is 31.9. The number of hydrogen-bond acceptors (Lipinski definition) is 10. The van der Waals surface area contributed by atoms with Crippen LogP contribution in [0.4, 0.5) is 16.4 Å². The van der Waals surface area contributed by atoms with E-state index in [-0.39, 0.29) is 29.9 Å². The maximum absolute atomic E-state index is 13.6. The monoisotopic (exact) mass is 738 g/mol. The van der Waals surface area contributed by atoms with Gasteiger partial charge in [0.15, 0.2) is 11.9 Å². The fraction of sp³-hybridized carbons (Fsp3) is 0.525. The highest BCUT2D eigenvalue weighted by atomic mass is 16.7. The summed E-state index contributed by atoms with van der Waals surface area (Å²) in [7, 11) is 0. The molecule has 7 rings (SSSR count). The van der Waals surface area contributed by atoms with E-state index >= 15 is 0 Å². The van der Waals surface area contributed by atoms with Crippen LogP contribution in [0.2, 0.25) is 0 Å². The molecule has 5 heterocycles. The lowest BCUT2D eigenvalue weighted by Crippen LogP contribution is -2.42. The van der Waals surface area contributed by atoms with Crippen molar-refractivity contribution in [1.82, 2.24) is 35.0 Å². The molecule has 2 fully saturated rings. The summed E-state index contributed by atoms with van der Waals surface area (Å²) in [5.74, 6) is 1.92. The second kappa shape index (κ2) is 16.6. The van der Waals surface area contributed by atoms with E-state index in [1.165, 1.54) is 6.42 Å². The number of anilines is 1. The van der Waals surface area contributed by atoms with E-state index in [9.17, 15) is 4.79 Å². The number of nitrogens with one attached hydrogen (secondary N) is 2. The highest BCUT2D eigenvalue weighted by Gasteiger charge is 2.30. The van der Waals surface area contributed by atoms with Crippen LogP contribution in [0.25, 0.3) is 5.65 Å². The summed E-state index contributed by atoms with van der Waals surface area (Å²) in [5, 5.41) is 19.5. The number of benzene rings is 1. The van der Waals surface area contributed by atoms with Crippen LogP contribution >= 0.6 is 0 Å². The molecule has 14 heteroatoms. The predicted octanol–water partition coefficient (Wildman–Crippen LogP) is 6.72. The van der Waals surface area contributed by atoms with Gasteiger partial charge < -0.3 is 30.2 Å². The Balaban J connectivity index is 1.03. The highest BCUT2D eigenvalue weighted by Crippen LogP contribution is 2.39. The van der Waals surface area contributed by atoms with Gasteiger partial charge in [-0.15, -0.1) is 10.2 Å². The fourth-order valence-corrected chi connectivity index (χ4v) is 7.27. The van der Waals surface area contributed by atoms with Gasteiger partial charge in [-0.25, -0.2) is 9.79 Å². The number of nitrogens with two attached hydrogens (primary N) is 1. The number of allylic oxidation sites excluding steroid dienone is 1. The summed E-state index contributed by atoms with van der Waals surface area (Å²) in [6.45, 7) is 11.0. The number of fused-ring (bicyclic) bond motifs is 2. The van der Waals surface area contributed by atoms with Crippen molar-refractivity contribution in [1.29, 1.82) is 0 Å². The van der Waals surface area contributed by atoms with Crippen molar-refractivity contribution in [3.8, 4) is 5.75 Å². The molecule has 14 nitrogen and oxygen atoms in total. The van der Waals surface area contributed by atoms with Gasteiger partial charge in [0.2, 0.25) is 5.95 Å². The number of hydrogen-bond donors (Lipinski definition) is 3. The van der Waals surface area contributed by atoms with E-state index in [0.717, 1.165) is 73.7 Å². The lowest BCUT2D eigenvalue weighted by atomic mass is 9.85. The molecule has 2 amide bonds. The molecule has 2 aliphatic heterocycles. The van der Waals surface area contributed by atoms with E-state index in [1.807, 2.05) is 61.8 Å². The Hall–Kier alpha value is -4.95. The van der Waals surface area contributed by atoms with Crippen molar-refractivity contribution < 1.29 is 19.0 Å². The summed E-state index contributed by atoms with van der Waals surface area (Å²) < 4.78 is 22.0. The number of aliphatic imine (C=N–C) groups is 1. The molecule has 1 aliphatic carbocycles. The molecule has 4 N–H and O–H groups in total. The minimum absolute atomic E-state index is 0.154. The molecule has 4 atom stereocenters. The number of rotatable bonds is 10. The van der Waals surface area contributed by atoms with Gasteiger partial charge in [-0.1, -0.05) is 45.0 Å². The van der Waals surface area contributed by atoms with Gasteiger partial charge in [0.05, 0.1) is 37.8 Å². The highest BCUT2D eigenvalue weighted by molar-refractivity contribution is 6.05. The fourth-order valence-electron chi connectivity index (χ4n) is 7.27. The number of ether oxygens (including phenoxy) is 3. The van der Waals surface area contributed by atoms with Crippen molar-refractivity contribution in [3.05, 3.63) is 77.9 Å². The lowest BCUT2D eigenvalue weighted by Gasteiger charge is -2.33. The molecule has 1 aromatic carbocycles. The topological polar surface area (TPSA) is 158 Å². The van der Waals surface area contributed by atoms with E-state index in [4.69, 9.17) is 24.9 Å². The Labute approximate surface area is 317 Å². The van der Waals surface area contributed by atoms with Gasteiger partial charge in [-0.05, 0) is 81.5 Å². The zero-order valence-corrected chi connectivity index (χ0v) is 31.9. The molecule has 3 aliphatic rings. The van der Waals surface area contributed by atoms with Gasteiger partial charge in [-0.2, -0.15) is 5.10 Å². The number of carbonyl (C=O) groups is 1. The molecule has 0 spiro atoms. The summed E-state index contributed by atoms with van der Waals surface area (Å²) in [5.41, 5.74) is 10.2.